The molecular formula is C27H41N7OS. The van der Waals surface area contributed by atoms with Crippen molar-refractivity contribution < 1.29 is 4.79 Å². The molecule has 0 aliphatic carbocycles. The van der Waals surface area contributed by atoms with Gasteiger partial charge in [0.1, 0.15) is 5.69 Å². The molecule has 1 aliphatic heterocycles. The molecule has 1 atom stereocenters. The predicted molar refractivity (Wildman–Crippen MR) is 150 cm³/mol. The minimum atomic E-state index is -0.157. The lowest BCUT2D eigenvalue weighted by Crippen LogP contribution is -2.44. The molecule has 0 spiro atoms. The van der Waals surface area contributed by atoms with Gasteiger partial charge in [-0.25, -0.2) is 4.98 Å². The number of anilines is 2. The van der Waals surface area contributed by atoms with E-state index in [0.29, 0.717) is 12.6 Å². The van der Waals surface area contributed by atoms with Crippen molar-refractivity contribution in [3.63, 3.8) is 0 Å². The van der Waals surface area contributed by atoms with Gasteiger partial charge in [-0.05, 0) is 59.1 Å². The van der Waals surface area contributed by atoms with Crippen LogP contribution in [0.5, 0.6) is 0 Å². The molecule has 1 fully saturated rings. The number of nitrogens with zero attached hydrogens (tertiary/aromatic N) is 5. The Labute approximate surface area is 219 Å². The number of fused-ring (bicyclic) bond motifs is 1. The number of hydrogen-bond donors (Lipinski definition) is 2. The van der Waals surface area contributed by atoms with Gasteiger partial charge in [0, 0.05) is 37.3 Å². The third-order valence-corrected chi connectivity index (χ3v) is 7.71. The second-order valence-corrected chi connectivity index (χ2v) is 11.8. The van der Waals surface area contributed by atoms with Gasteiger partial charge in [0.15, 0.2) is 5.82 Å². The highest BCUT2D eigenvalue weighted by molar-refractivity contribution is 7.20. The summed E-state index contributed by atoms with van der Waals surface area (Å²) in [5.74, 6) is 0.887. The van der Waals surface area contributed by atoms with Crippen LogP contribution >= 0.6 is 11.3 Å². The van der Waals surface area contributed by atoms with Gasteiger partial charge in [0.05, 0.1) is 6.54 Å². The number of aromatic nitrogens is 3. The maximum atomic E-state index is 12.6. The second-order valence-electron chi connectivity index (χ2n) is 10.9. The molecule has 3 heterocycles. The first-order valence-electron chi connectivity index (χ1n) is 13.1. The zero-order valence-corrected chi connectivity index (χ0v) is 23.4. The van der Waals surface area contributed by atoms with Gasteiger partial charge in [0.2, 0.25) is 16.0 Å². The molecule has 2 N–H and O–H groups in total. The molecule has 1 aliphatic rings. The Morgan fingerprint density at radius 3 is 2.64 bits per heavy atom. The summed E-state index contributed by atoms with van der Waals surface area (Å²) >= 11 is 1.50. The van der Waals surface area contributed by atoms with Crippen molar-refractivity contribution in [1.82, 2.24) is 24.8 Å². The number of hydrogen-bond acceptors (Lipinski definition) is 7. The molecular weight excluding hydrogens is 470 g/mol. The highest BCUT2D eigenvalue weighted by atomic mass is 32.1. The van der Waals surface area contributed by atoms with Gasteiger partial charge in [-0.1, -0.05) is 48.9 Å². The van der Waals surface area contributed by atoms with E-state index in [1.165, 1.54) is 36.2 Å². The Hall–Kier alpha value is -2.65. The molecule has 8 nitrogen and oxygen atoms in total. The molecule has 2 aromatic heterocycles. The number of nitrogens with one attached hydrogen (secondary N) is 2. The number of carbonyl (C=O) groups excluding carboxylic acids is 1. The Morgan fingerprint density at radius 2 is 1.97 bits per heavy atom. The number of piperidine rings is 1. The zero-order chi connectivity index (χ0) is 25.9. The lowest BCUT2D eigenvalue weighted by atomic mass is 10.0. The first-order chi connectivity index (χ1) is 17.1. The predicted octanol–water partition coefficient (Wildman–Crippen LogP) is 4.66. The van der Waals surface area contributed by atoms with Crippen molar-refractivity contribution in [3.05, 3.63) is 29.8 Å². The van der Waals surface area contributed by atoms with Gasteiger partial charge < -0.3 is 15.5 Å². The summed E-state index contributed by atoms with van der Waals surface area (Å²) in [5.41, 5.74) is 3.10. The lowest BCUT2D eigenvalue weighted by Gasteiger charge is -2.33. The van der Waals surface area contributed by atoms with E-state index in [1.54, 1.807) is 0 Å². The van der Waals surface area contributed by atoms with E-state index in [4.69, 9.17) is 10.1 Å². The summed E-state index contributed by atoms with van der Waals surface area (Å²) in [7, 11) is 1.91. The number of amides is 1. The third kappa shape index (κ3) is 6.37. The van der Waals surface area contributed by atoms with Crippen LogP contribution in [0.3, 0.4) is 0 Å². The number of rotatable bonds is 9. The van der Waals surface area contributed by atoms with Gasteiger partial charge in [-0.3, -0.25) is 9.69 Å². The summed E-state index contributed by atoms with van der Waals surface area (Å²) in [5, 5.41) is 12.3. The number of likely N-dealkylation sites (tertiary alicyclic amines) is 1. The molecule has 0 bridgehead atoms. The largest absolute Gasteiger partial charge is 0.364 e. The molecule has 1 amide bonds. The number of benzene rings is 1. The maximum absolute atomic E-state index is 12.6. The number of likely N-dealkylation sites (N-methyl/N-ethyl adjacent to an activating group) is 1. The number of aryl methyl sites for hydroxylation is 1. The van der Waals surface area contributed by atoms with Gasteiger partial charge in [0.25, 0.3) is 0 Å². The minimum Gasteiger partial charge on any atom is -0.364 e. The lowest BCUT2D eigenvalue weighted by molar-refractivity contribution is -0.119. The van der Waals surface area contributed by atoms with Crippen LogP contribution in [0.4, 0.5) is 10.9 Å². The Balaban J connectivity index is 1.46. The fourth-order valence-electron chi connectivity index (χ4n) is 4.63. The van der Waals surface area contributed by atoms with E-state index in [0.717, 1.165) is 46.7 Å². The first kappa shape index (κ1) is 26.4. The fraction of sp³-hybridized carbons (Fsp3) is 0.593. The second kappa shape index (κ2) is 11.2. The molecule has 36 heavy (non-hydrogen) atoms. The van der Waals surface area contributed by atoms with E-state index in [9.17, 15) is 4.79 Å². The van der Waals surface area contributed by atoms with E-state index in [-0.39, 0.29) is 18.0 Å². The zero-order valence-electron chi connectivity index (χ0n) is 22.6. The molecule has 3 aromatic rings. The average Bonchev–Trinajstić information content (AvgIpc) is 3.39. The summed E-state index contributed by atoms with van der Waals surface area (Å²) in [6, 6.07) is 9.17. The van der Waals surface area contributed by atoms with Gasteiger partial charge >= 0.3 is 0 Å². The summed E-state index contributed by atoms with van der Waals surface area (Å²) in [6.07, 6.45) is 4.82. The topological polar surface area (TPSA) is 77.8 Å². The fourth-order valence-corrected chi connectivity index (χ4v) is 5.49. The summed E-state index contributed by atoms with van der Waals surface area (Å²) in [6.45, 7) is 13.8. The third-order valence-electron chi connectivity index (χ3n) is 6.69. The van der Waals surface area contributed by atoms with Crippen LogP contribution < -0.4 is 15.5 Å². The molecule has 1 aromatic carbocycles. The van der Waals surface area contributed by atoms with Gasteiger partial charge in [-0.15, -0.1) is 5.10 Å². The van der Waals surface area contributed by atoms with Crippen molar-refractivity contribution >= 4 is 33.2 Å². The Morgan fingerprint density at radius 1 is 1.22 bits per heavy atom. The molecule has 0 radical (unpaired) electrons. The number of carbonyl (C=O) groups is 1. The summed E-state index contributed by atoms with van der Waals surface area (Å²) in [4.78, 5) is 22.7. The quantitative estimate of drug-likeness (QED) is 0.435. The number of imidazole rings is 1. The Kier molecular flexibility index (Phi) is 8.20. The minimum absolute atomic E-state index is 0.0137. The van der Waals surface area contributed by atoms with Crippen LogP contribution in [0.15, 0.2) is 24.3 Å². The van der Waals surface area contributed by atoms with E-state index >= 15 is 0 Å². The van der Waals surface area contributed by atoms with Crippen molar-refractivity contribution in [2.75, 3.05) is 43.4 Å². The molecule has 196 valence electrons. The monoisotopic (exact) mass is 511 g/mol. The van der Waals surface area contributed by atoms with Crippen LogP contribution in [0.25, 0.3) is 16.2 Å². The maximum Gasteiger partial charge on any atom is 0.239 e. The highest BCUT2D eigenvalue weighted by Crippen LogP contribution is 2.34. The van der Waals surface area contributed by atoms with Crippen LogP contribution in [0, 0.1) is 0 Å². The van der Waals surface area contributed by atoms with Crippen molar-refractivity contribution in [2.24, 2.45) is 0 Å². The van der Waals surface area contributed by atoms with Crippen LogP contribution in [-0.2, 0) is 11.2 Å². The SMILES string of the molecule is CCc1ccc(-c2nc3sc(N(C)CC(=O)NCCN4CCCCC4C)nn3c2NC(C)(C)C)cc1. The van der Waals surface area contributed by atoms with E-state index < -0.39 is 0 Å². The highest BCUT2D eigenvalue weighted by Gasteiger charge is 2.23. The molecule has 1 unspecified atom stereocenters. The first-order valence-corrected chi connectivity index (χ1v) is 13.9. The van der Waals surface area contributed by atoms with Crippen molar-refractivity contribution in [1.29, 1.82) is 0 Å². The van der Waals surface area contributed by atoms with Gasteiger partial charge in [-0.2, -0.15) is 4.52 Å². The van der Waals surface area contributed by atoms with E-state index in [2.05, 4.69) is 74.4 Å². The van der Waals surface area contributed by atoms with Crippen LogP contribution in [0.1, 0.15) is 59.4 Å². The molecule has 4 rings (SSSR count). The molecule has 9 heteroatoms. The standard InChI is InChI=1S/C27H41N7OS/c1-7-20-11-13-21(14-12-20)23-24(30-27(3,4)5)34-25(29-23)36-26(31-34)32(6)18-22(35)28-15-17-33-16-9-8-10-19(33)2/h11-14,19,30H,7-10,15-18H2,1-6H3,(H,28,35). The molecule has 1 saturated heterocycles. The Bertz CT molecular complexity index is 1160. The van der Waals surface area contributed by atoms with Crippen LogP contribution in [0.2, 0.25) is 0 Å². The molecule has 0 saturated carbocycles. The normalized spacial score (nSPS) is 16.9. The smallest absolute Gasteiger partial charge is 0.239 e. The van der Waals surface area contributed by atoms with Crippen molar-refractivity contribution in [2.45, 2.75) is 71.9 Å². The summed E-state index contributed by atoms with van der Waals surface area (Å²) < 4.78 is 1.88. The van der Waals surface area contributed by atoms with Crippen molar-refractivity contribution in [3.8, 4) is 11.3 Å². The van der Waals surface area contributed by atoms with Crippen LogP contribution in [-0.4, -0.2) is 70.2 Å². The van der Waals surface area contributed by atoms with E-state index in [1.807, 2.05) is 16.5 Å². The average molecular weight is 512 g/mol.